The zero-order valence-electron chi connectivity index (χ0n) is 25.8. The number of carbonyl (C=O) groups is 6. The predicted octanol–water partition coefficient (Wildman–Crippen LogP) is -11.8. The van der Waals surface area contributed by atoms with Crippen molar-refractivity contribution in [2.24, 2.45) is 11.5 Å². The highest BCUT2D eigenvalue weighted by Crippen LogP contribution is 2.05. The number of aliphatic hydroxyl groups is 3. The van der Waals surface area contributed by atoms with E-state index in [-0.39, 0.29) is 37.1 Å². The van der Waals surface area contributed by atoms with E-state index in [0.717, 1.165) is 12.6 Å². The number of nitrogens with one attached hydrogen (secondary N) is 9. The van der Waals surface area contributed by atoms with E-state index >= 15 is 0 Å². The molecular formula is C25H48N13O9+3. The third-order valence-corrected chi connectivity index (χ3v) is 7.11. The van der Waals surface area contributed by atoms with Crippen LogP contribution in [0.2, 0.25) is 0 Å². The molecule has 2 heterocycles. The van der Waals surface area contributed by atoms with E-state index < -0.39 is 91.8 Å². The predicted molar refractivity (Wildman–Crippen MR) is 160 cm³/mol. The third-order valence-electron chi connectivity index (χ3n) is 7.11. The Bertz CT molecular complexity index is 1200. The summed E-state index contributed by atoms with van der Waals surface area (Å²) in [5.74, 6) is -4.34. The summed E-state index contributed by atoms with van der Waals surface area (Å²) in [6.45, 7) is -2.02. The van der Waals surface area contributed by atoms with Gasteiger partial charge in [-0.2, -0.15) is 0 Å². The van der Waals surface area contributed by atoms with Gasteiger partial charge in [-0.3, -0.25) is 45.3 Å². The van der Waals surface area contributed by atoms with Crippen LogP contribution in [-0.4, -0.2) is 132 Å². The summed E-state index contributed by atoms with van der Waals surface area (Å²) >= 11 is 0. The molecule has 22 N–H and O–H groups in total. The fourth-order valence-corrected chi connectivity index (χ4v) is 4.68. The molecule has 264 valence electrons. The number of nitrogens with two attached hydrogens (primary N) is 2. The van der Waals surface area contributed by atoms with Crippen molar-refractivity contribution < 1.29 is 60.5 Å². The van der Waals surface area contributed by atoms with Gasteiger partial charge >= 0.3 is 12.0 Å². The maximum Gasteiger partial charge on any atom is 0.343 e. The molecule has 2 aliphatic heterocycles. The van der Waals surface area contributed by atoms with Crippen LogP contribution in [0, 0.1) is 0 Å². The van der Waals surface area contributed by atoms with E-state index in [4.69, 9.17) is 11.5 Å². The van der Waals surface area contributed by atoms with Gasteiger partial charge in [0.25, 0.3) is 0 Å². The smallest absolute Gasteiger partial charge is 0.343 e. The Morgan fingerprint density at radius 3 is 2.32 bits per heavy atom. The summed E-state index contributed by atoms with van der Waals surface area (Å²) < 4.78 is 0. The van der Waals surface area contributed by atoms with Gasteiger partial charge in [0.15, 0.2) is 6.23 Å². The summed E-state index contributed by atoms with van der Waals surface area (Å²) in [7, 11) is 0. The largest absolute Gasteiger partial charge is 0.394 e. The van der Waals surface area contributed by atoms with Crippen LogP contribution in [0.25, 0.3) is 0 Å². The Kier molecular flexibility index (Phi) is 15.7. The lowest BCUT2D eigenvalue weighted by molar-refractivity contribution is -0.565. The first kappa shape index (κ1) is 38.6. The lowest BCUT2D eigenvalue weighted by atomic mass is 10.0. The van der Waals surface area contributed by atoms with Gasteiger partial charge in [-0.25, -0.2) is 4.79 Å². The van der Waals surface area contributed by atoms with Gasteiger partial charge < -0.3 is 64.4 Å². The molecule has 0 spiro atoms. The summed E-state index contributed by atoms with van der Waals surface area (Å²) in [6, 6.07) is -8.06. The molecule has 0 aliphatic carbocycles. The number of quaternary nitrogens is 2. The highest BCUT2D eigenvalue weighted by atomic mass is 16.3. The Balaban J connectivity index is 2.47. The zero-order chi connectivity index (χ0) is 35.1. The van der Waals surface area contributed by atoms with E-state index in [1.54, 1.807) is 0 Å². The molecule has 0 radical (unpaired) electrons. The van der Waals surface area contributed by atoms with E-state index in [2.05, 4.69) is 59.0 Å². The third kappa shape index (κ3) is 13.0. The highest BCUT2D eigenvalue weighted by Gasteiger charge is 2.37. The van der Waals surface area contributed by atoms with Crippen LogP contribution in [-0.2, 0) is 24.0 Å². The average Bonchev–Trinajstić information content (AvgIpc) is 3.00. The van der Waals surface area contributed by atoms with Crippen LogP contribution in [0.1, 0.15) is 25.7 Å². The van der Waals surface area contributed by atoms with Crippen molar-refractivity contribution in [2.75, 3.05) is 32.8 Å². The molecule has 2 aliphatic rings. The van der Waals surface area contributed by atoms with Gasteiger partial charge in [0.05, 0.1) is 32.2 Å². The second-order valence-electron chi connectivity index (χ2n) is 11.0. The Morgan fingerprint density at radius 2 is 1.70 bits per heavy atom. The summed E-state index contributed by atoms with van der Waals surface area (Å²) in [4.78, 5) is 79.6. The highest BCUT2D eigenvalue weighted by molar-refractivity contribution is 5.95. The number of aliphatic hydroxyl groups excluding tert-OH is 3. The topological polar surface area (TPSA) is 381 Å². The van der Waals surface area contributed by atoms with Gasteiger partial charge in [-0.15, -0.1) is 0 Å². The maximum atomic E-state index is 13.6. The van der Waals surface area contributed by atoms with Crippen LogP contribution < -0.4 is 70.5 Å². The Labute approximate surface area is 269 Å². The van der Waals surface area contributed by atoms with Crippen LogP contribution >= 0.6 is 0 Å². The number of carbonyl (C=O) groups excluding carboxylic acids is 6. The first-order chi connectivity index (χ1) is 22.3. The monoisotopic (exact) mass is 674 g/mol. The molecule has 7 amide bonds. The number of guanidine groups is 1. The standard InChI is InChI=1S/C25H45N13O9/c26-3-1-2-11(27)4-17(41)34-14-8-31-23(46)19(13-5-18(42)38-24(28)37-13)30-6-12(7-32-25(29)47)33-21(44)15(9-39)36-22(45)16(10-40)35-20(14)43/h7,11,13-16,18-19,30,39-40,42H,1-6,8-10,26-27H2,(H,31,46)(H,33,44)(H,34,41)(H,35,43)(H,36,45)(H3,28,37,38)(H3,29,32,47)/p+3/b12-7-. The molecule has 2 rings (SSSR count). The molecule has 0 aromatic carbocycles. The van der Waals surface area contributed by atoms with E-state index in [1.807, 2.05) is 0 Å². The van der Waals surface area contributed by atoms with Crippen LogP contribution in [0.3, 0.4) is 0 Å². The first-order valence-electron chi connectivity index (χ1n) is 14.9. The number of hydrogen-bond donors (Lipinski definition) is 16. The van der Waals surface area contributed by atoms with E-state index in [0.29, 0.717) is 13.0 Å². The van der Waals surface area contributed by atoms with Crippen molar-refractivity contribution in [2.45, 2.75) is 68.2 Å². The quantitative estimate of drug-likeness (QED) is 0.103. The second-order valence-corrected chi connectivity index (χ2v) is 11.0. The molecule has 1 saturated heterocycles. The van der Waals surface area contributed by atoms with Gasteiger partial charge in [0, 0.05) is 44.2 Å². The molecule has 22 heteroatoms. The van der Waals surface area contributed by atoms with Crippen molar-refractivity contribution in [3.8, 4) is 0 Å². The van der Waals surface area contributed by atoms with Gasteiger partial charge in [0.2, 0.25) is 29.5 Å². The van der Waals surface area contributed by atoms with E-state index in [1.165, 1.54) is 0 Å². The van der Waals surface area contributed by atoms with Crippen molar-refractivity contribution in [1.29, 1.82) is 0 Å². The van der Waals surface area contributed by atoms with Crippen LogP contribution in [0.5, 0.6) is 0 Å². The number of urea groups is 1. The van der Waals surface area contributed by atoms with Crippen LogP contribution in [0.4, 0.5) is 4.79 Å². The van der Waals surface area contributed by atoms with Crippen molar-refractivity contribution in [3.05, 3.63) is 11.9 Å². The minimum atomic E-state index is -1.63. The zero-order valence-corrected chi connectivity index (χ0v) is 25.8. The molecular weight excluding hydrogens is 626 g/mol. The van der Waals surface area contributed by atoms with Crippen molar-refractivity contribution in [3.63, 3.8) is 0 Å². The number of amides is 7. The molecule has 22 nitrogen and oxygen atoms in total. The SMILES string of the molecule is NC(=O)N/C=C1/CNC(C2CC(O)[NH+]=C(N)N2)C(=O)NCC(NC(=O)CC([NH3+])CCC[NH3+])C(=O)NC(CO)C(=O)NC(CO)C(=O)N1. The summed E-state index contributed by atoms with van der Waals surface area (Å²) in [6.07, 6.45) is 1.09. The van der Waals surface area contributed by atoms with Gasteiger partial charge in [-0.1, -0.05) is 0 Å². The summed E-state index contributed by atoms with van der Waals surface area (Å²) in [5, 5.41) is 49.8. The molecule has 47 heavy (non-hydrogen) atoms. The van der Waals surface area contributed by atoms with Crippen molar-refractivity contribution in [1.82, 2.24) is 42.5 Å². The molecule has 0 saturated carbocycles. The first-order valence-corrected chi connectivity index (χ1v) is 14.9. The number of rotatable bonds is 10. The van der Waals surface area contributed by atoms with Crippen LogP contribution in [0.15, 0.2) is 11.9 Å². The van der Waals surface area contributed by atoms with Gasteiger partial charge in [0.1, 0.15) is 30.2 Å². The maximum absolute atomic E-state index is 13.6. The minimum absolute atomic E-state index is 0.0439. The Morgan fingerprint density at radius 1 is 1.04 bits per heavy atom. The average molecular weight is 675 g/mol. The fraction of sp³-hybridized carbons (Fsp3) is 0.640. The summed E-state index contributed by atoms with van der Waals surface area (Å²) in [5.41, 5.74) is 18.6. The lowest BCUT2D eigenvalue weighted by Gasteiger charge is -2.30. The lowest BCUT2D eigenvalue weighted by Crippen LogP contribution is -2.89. The number of primary amides is 1. The minimum Gasteiger partial charge on any atom is -0.394 e. The van der Waals surface area contributed by atoms with Crippen molar-refractivity contribution >= 4 is 41.5 Å². The number of hydrogen-bond acceptors (Lipinski definition) is 12. The molecule has 0 aromatic heterocycles. The molecule has 1 fully saturated rings. The van der Waals surface area contributed by atoms with E-state index in [9.17, 15) is 44.1 Å². The molecule has 7 unspecified atom stereocenters. The van der Waals surface area contributed by atoms with Gasteiger partial charge in [-0.05, 0) is 0 Å². The molecule has 0 aromatic rings. The molecule has 7 atom stereocenters. The fourth-order valence-electron chi connectivity index (χ4n) is 4.68. The second kappa shape index (κ2) is 19.1. The molecule has 0 bridgehead atoms. The Hall–Kier alpha value is -4.61. The normalized spacial score (nSPS) is 28.0.